The predicted molar refractivity (Wildman–Crippen MR) is 75.0 cm³/mol. The molecule has 2 aromatic carbocycles. The zero-order valence-electron chi connectivity index (χ0n) is 11.2. The first kappa shape index (κ1) is 14.5. The Kier molecular flexibility index (Phi) is 4.16. The molecule has 0 spiro atoms. The van der Waals surface area contributed by atoms with Crippen molar-refractivity contribution < 1.29 is 14.8 Å². The van der Waals surface area contributed by atoms with E-state index in [4.69, 9.17) is 10.00 Å². The summed E-state index contributed by atoms with van der Waals surface area (Å²) in [6, 6.07) is 11.0. The van der Waals surface area contributed by atoms with Gasteiger partial charge < -0.3 is 9.84 Å². The summed E-state index contributed by atoms with van der Waals surface area (Å²) < 4.78 is 5.67. The Morgan fingerprint density at radius 2 is 2.05 bits per heavy atom. The van der Waals surface area contributed by atoms with Crippen LogP contribution >= 0.6 is 0 Å². The number of hydrogen-bond acceptors (Lipinski definition) is 5. The van der Waals surface area contributed by atoms with E-state index in [2.05, 4.69) is 0 Å². The maximum atomic E-state index is 10.7. The Morgan fingerprint density at radius 1 is 1.29 bits per heavy atom. The molecule has 0 saturated heterocycles. The quantitative estimate of drug-likeness (QED) is 0.687. The van der Waals surface area contributed by atoms with Crippen LogP contribution in [0.5, 0.6) is 11.5 Å². The highest BCUT2D eigenvalue weighted by Gasteiger charge is 2.13. The third-order valence-corrected chi connectivity index (χ3v) is 2.96. The summed E-state index contributed by atoms with van der Waals surface area (Å²) in [7, 11) is 0. The topological polar surface area (TPSA) is 96.4 Å². The zero-order valence-corrected chi connectivity index (χ0v) is 11.2. The molecule has 0 unspecified atom stereocenters. The van der Waals surface area contributed by atoms with E-state index in [0.29, 0.717) is 22.6 Å². The molecule has 2 aromatic rings. The van der Waals surface area contributed by atoms with E-state index in [9.17, 15) is 15.2 Å². The van der Waals surface area contributed by atoms with Gasteiger partial charge in [0.05, 0.1) is 23.2 Å². The van der Waals surface area contributed by atoms with Crippen LogP contribution in [0, 0.1) is 28.4 Å². The van der Waals surface area contributed by atoms with Gasteiger partial charge >= 0.3 is 0 Å². The fourth-order valence-corrected chi connectivity index (χ4v) is 1.80. The number of hydrogen-bond donors (Lipinski definition) is 1. The molecule has 0 aliphatic rings. The van der Waals surface area contributed by atoms with Gasteiger partial charge in [0.1, 0.15) is 11.5 Å². The number of benzene rings is 2. The lowest BCUT2D eigenvalue weighted by Gasteiger charge is -2.12. The van der Waals surface area contributed by atoms with Crippen molar-refractivity contribution in [1.82, 2.24) is 0 Å². The molecule has 0 fully saturated rings. The summed E-state index contributed by atoms with van der Waals surface area (Å²) in [4.78, 5) is 10.2. The van der Waals surface area contributed by atoms with Gasteiger partial charge in [0.15, 0.2) is 0 Å². The average molecular weight is 284 g/mol. The van der Waals surface area contributed by atoms with Crippen LogP contribution in [-0.4, -0.2) is 10.0 Å². The van der Waals surface area contributed by atoms with Crippen LogP contribution in [-0.2, 0) is 6.61 Å². The molecule has 0 atom stereocenters. The van der Waals surface area contributed by atoms with Crippen LogP contribution in [0.3, 0.4) is 0 Å². The first-order valence-electron chi connectivity index (χ1n) is 6.12. The maximum absolute atomic E-state index is 10.7. The highest BCUT2D eigenvalue weighted by atomic mass is 16.6. The third-order valence-electron chi connectivity index (χ3n) is 2.96. The fourth-order valence-electron chi connectivity index (χ4n) is 1.80. The monoisotopic (exact) mass is 284 g/mol. The maximum Gasteiger partial charge on any atom is 0.270 e. The molecule has 6 heteroatoms. The van der Waals surface area contributed by atoms with Crippen molar-refractivity contribution in [3.05, 3.63) is 63.2 Å². The van der Waals surface area contributed by atoms with Gasteiger partial charge in [-0.1, -0.05) is 6.07 Å². The summed E-state index contributed by atoms with van der Waals surface area (Å²) in [6.07, 6.45) is 0. The van der Waals surface area contributed by atoms with Crippen molar-refractivity contribution >= 4 is 5.69 Å². The molecule has 0 bridgehead atoms. The number of aliphatic hydroxyl groups is 1. The van der Waals surface area contributed by atoms with E-state index in [1.54, 1.807) is 18.2 Å². The highest BCUT2D eigenvalue weighted by molar-refractivity contribution is 5.48. The molecule has 0 radical (unpaired) electrons. The van der Waals surface area contributed by atoms with E-state index in [-0.39, 0.29) is 12.3 Å². The van der Waals surface area contributed by atoms with Crippen LogP contribution in [0.1, 0.15) is 16.7 Å². The summed E-state index contributed by atoms with van der Waals surface area (Å²) in [5, 5.41) is 28.9. The molecule has 21 heavy (non-hydrogen) atoms. The molecule has 0 aromatic heterocycles. The van der Waals surface area contributed by atoms with Crippen LogP contribution in [0.15, 0.2) is 36.4 Å². The highest BCUT2D eigenvalue weighted by Crippen LogP contribution is 2.31. The van der Waals surface area contributed by atoms with Crippen molar-refractivity contribution in [2.45, 2.75) is 13.5 Å². The fraction of sp³-hybridized carbons (Fsp3) is 0.133. The molecular formula is C15H12N2O4. The van der Waals surface area contributed by atoms with Crippen molar-refractivity contribution in [2.24, 2.45) is 0 Å². The molecule has 0 amide bonds. The molecule has 1 N–H and O–H groups in total. The second-order valence-electron chi connectivity index (χ2n) is 4.40. The number of nitriles is 1. The Balaban J connectivity index is 2.40. The van der Waals surface area contributed by atoms with Gasteiger partial charge in [0, 0.05) is 17.7 Å². The average Bonchev–Trinajstić information content (AvgIpc) is 2.49. The van der Waals surface area contributed by atoms with Gasteiger partial charge in [-0.05, 0) is 30.7 Å². The van der Waals surface area contributed by atoms with Gasteiger partial charge in [-0.25, -0.2) is 0 Å². The minimum absolute atomic E-state index is 0.117. The number of nitrogens with zero attached hydrogens (tertiary/aromatic N) is 2. The van der Waals surface area contributed by atoms with E-state index in [0.717, 1.165) is 5.56 Å². The van der Waals surface area contributed by atoms with Gasteiger partial charge in [-0.15, -0.1) is 0 Å². The first-order valence-corrected chi connectivity index (χ1v) is 6.12. The standard InChI is InChI=1S/C15H12N2O4/c1-10-2-3-11(8-16)6-15(10)21-14-5-4-13(17(19)20)7-12(14)9-18/h2-7,18H,9H2,1H3. The van der Waals surface area contributed by atoms with Crippen LogP contribution in [0.2, 0.25) is 0 Å². The van der Waals surface area contributed by atoms with E-state index in [1.165, 1.54) is 18.2 Å². The van der Waals surface area contributed by atoms with Gasteiger partial charge in [-0.2, -0.15) is 5.26 Å². The Bertz CT molecular complexity index is 735. The number of aryl methyl sites for hydroxylation is 1. The summed E-state index contributed by atoms with van der Waals surface area (Å²) in [5.41, 5.74) is 1.46. The molecule has 0 aliphatic carbocycles. The number of ether oxygens (including phenoxy) is 1. The van der Waals surface area contributed by atoms with Gasteiger partial charge in [-0.3, -0.25) is 10.1 Å². The van der Waals surface area contributed by atoms with E-state index >= 15 is 0 Å². The summed E-state index contributed by atoms with van der Waals surface area (Å²) >= 11 is 0. The van der Waals surface area contributed by atoms with Crippen LogP contribution in [0.25, 0.3) is 0 Å². The zero-order chi connectivity index (χ0) is 15.4. The smallest absolute Gasteiger partial charge is 0.270 e. The Hall–Kier alpha value is -2.91. The third kappa shape index (κ3) is 3.16. The normalized spacial score (nSPS) is 9.95. The van der Waals surface area contributed by atoms with Crippen molar-refractivity contribution in [1.29, 1.82) is 5.26 Å². The van der Waals surface area contributed by atoms with Gasteiger partial charge in [0.2, 0.25) is 0 Å². The molecule has 6 nitrogen and oxygen atoms in total. The number of rotatable bonds is 4. The SMILES string of the molecule is Cc1ccc(C#N)cc1Oc1ccc([N+](=O)[O-])cc1CO. The summed E-state index contributed by atoms with van der Waals surface area (Å²) in [6.45, 7) is 1.44. The van der Waals surface area contributed by atoms with Crippen LogP contribution in [0.4, 0.5) is 5.69 Å². The van der Waals surface area contributed by atoms with Crippen LogP contribution < -0.4 is 4.74 Å². The summed E-state index contributed by atoms with van der Waals surface area (Å²) in [5.74, 6) is 0.791. The molecule has 2 rings (SSSR count). The number of aliphatic hydroxyl groups excluding tert-OH is 1. The second-order valence-corrected chi connectivity index (χ2v) is 4.40. The lowest BCUT2D eigenvalue weighted by atomic mass is 10.1. The largest absolute Gasteiger partial charge is 0.457 e. The predicted octanol–water partition coefficient (Wildman–Crippen LogP) is 3.06. The first-order chi connectivity index (χ1) is 10.0. The van der Waals surface area contributed by atoms with Crippen molar-refractivity contribution in [3.63, 3.8) is 0 Å². The van der Waals surface area contributed by atoms with Gasteiger partial charge in [0.25, 0.3) is 5.69 Å². The molecule has 106 valence electrons. The lowest BCUT2D eigenvalue weighted by molar-refractivity contribution is -0.385. The molecule has 0 saturated carbocycles. The minimum atomic E-state index is -0.537. The van der Waals surface area contributed by atoms with E-state index in [1.807, 2.05) is 13.0 Å². The number of nitro benzene ring substituents is 1. The molecule has 0 aliphatic heterocycles. The van der Waals surface area contributed by atoms with Crippen molar-refractivity contribution in [3.8, 4) is 17.6 Å². The minimum Gasteiger partial charge on any atom is -0.457 e. The molecule has 0 heterocycles. The Morgan fingerprint density at radius 3 is 2.67 bits per heavy atom. The van der Waals surface area contributed by atoms with E-state index < -0.39 is 4.92 Å². The molecular weight excluding hydrogens is 272 g/mol. The lowest BCUT2D eigenvalue weighted by Crippen LogP contribution is -1.96. The second kappa shape index (κ2) is 6.03. The number of nitro groups is 1. The van der Waals surface area contributed by atoms with Crippen molar-refractivity contribution in [2.75, 3.05) is 0 Å². The Labute approximate surface area is 121 Å². The number of non-ortho nitro benzene ring substituents is 1.